The Morgan fingerprint density at radius 2 is 2.25 bits per heavy atom. The smallest absolute Gasteiger partial charge is 0.0691 e. The summed E-state index contributed by atoms with van der Waals surface area (Å²) in [6.07, 6.45) is 5.32. The van der Waals surface area contributed by atoms with Crippen molar-refractivity contribution in [3.8, 4) is 0 Å². The lowest BCUT2D eigenvalue weighted by molar-refractivity contribution is 0.128. The maximum Gasteiger partial charge on any atom is 0.0691 e. The number of rotatable bonds is 7. The minimum absolute atomic E-state index is 0.0808. The van der Waals surface area contributed by atoms with Gasteiger partial charge in [0.25, 0.3) is 0 Å². The maximum atomic E-state index is 12.2. The second-order valence-corrected chi connectivity index (χ2v) is 6.28. The van der Waals surface area contributed by atoms with Crippen molar-refractivity contribution in [3.05, 3.63) is 0 Å². The van der Waals surface area contributed by atoms with Gasteiger partial charge in [0.2, 0.25) is 0 Å². The van der Waals surface area contributed by atoms with Crippen LogP contribution in [0.15, 0.2) is 0 Å². The lowest BCUT2D eigenvalue weighted by atomic mass is 10.1. The molecule has 4 unspecified atom stereocenters. The topological polar surface area (TPSA) is 52.3 Å². The fourth-order valence-corrected chi connectivity index (χ4v) is 4.06. The summed E-state index contributed by atoms with van der Waals surface area (Å²) in [5, 5.41) is 0.143. The van der Waals surface area contributed by atoms with Crippen LogP contribution in [0.25, 0.3) is 0 Å². The van der Waals surface area contributed by atoms with Crippen molar-refractivity contribution in [2.75, 3.05) is 12.4 Å². The molecule has 3 nitrogen and oxygen atoms in total. The van der Waals surface area contributed by atoms with Crippen molar-refractivity contribution in [3.63, 3.8) is 0 Å². The lowest BCUT2D eigenvalue weighted by Crippen LogP contribution is -2.39. The Labute approximate surface area is 102 Å². The molecule has 4 heteroatoms. The van der Waals surface area contributed by atoms with Gasteiger partial charge < -0.3 is 10.5 Å². The van der Waals surface area contributed by atoms with Gasteiger partial charge in [-0.2, -0.15) is 0 Å². The first-order valence-electron chi connectivity index (χ1n) is 6.43. The molecule has 1 saturated heterocycles. The maximum absolute atomic E-state index is 12.2. The highest BCUT2D eigenvalue weighted by Crippen LogP contribution is 2.17. The van der Waals surface area contributed by atoms with Crippen molar-refractivity contribution in [2.24, 2.45) is 5.73 Å². The predicted molar refractivity (Wildman–Crippen MR) is 68.9 cm³/mol. The SMILES string of the molecule is CCCC(N)C(CC)S(=O)CC1CCCO1. The Morgan fingerprint density at radius 1 is 1.50 bits per heavy atom. The second-order valence-electron chi connectivity index (χ2n) is 4.58. The Balaban J connectivity index is 2.41. The largest absolute Gasteiger partial charge is 0.377 e. The summed E-state index contributed by atoms with van der Waals surface area (Å²) in [5.41, 5.74) is 6.08. The Bertz CT molecular complexity index is 217. The highest BCUT2D eigenvalue weighted by Gasteiger charge is 2.26. The summed E-state index contributed by atoms with van der Waals surface area (Å²) in [6, 6.07) is 0.0808. The molecule has 0 radical (unpaired) electrons. The first kappa shape index (κ1) is 14.1. The summed E-state index contributed by atoms with van der Waals surface area (Å²) in [6.45, 7) is 5.03. The molecule has 1 aliphatic heterocycles. The molecule has 4 atom stereocenters. The van der Waals surface area contributed by atoms with Gasteiger partial charge in [-0.25, -0.2) is 0 Å². The molecule has 0 aromatic heterocycles. The van der Waals surface area contributed by atoms with Crippen LogP contribution in [0.5, 0.6) is 0 Å². The molecule has 1 fully saturated rings. The quantitative estimate of drug-likeness (QED) is 0.746. The first-order valence-corrected chi connectivity index (χ1v) is 7.81. The molecule has 0 amide bonds. The van der Waals surface area contributed by atoms with Crippen molar-refractivity contribution in [1.29, 1.82) is 0 Å². The minimum Gasteiger partial charge on any atom is -0.377 e. The molecule has 1 heterocycles. The summed E-state index contributed by atoms with van der Waals surface area (Å²) >= 11 is 0. The van der Waals surface area contributed by atoms with Crippen molar-refractivity contribution < 1.29 is 8.95 Å². The van der Waals surface area contributed by atoms with Gasteiger partial charge in [-0.1, -0.05) is 20.3 Å². The monoisotopic (exact) mass is 247 g/mol. The van der Waals surface area contributed by atoms with Crippen molar-refractivity contribution in [2.45, 2.75) is 63.3 Å². The molecule has 1 rings (SSSR count). The van der Waals surface area contributed by atoms with Crippen LogP contribution < -0.4 is 5.73 Å². The van der Waals surface area contributed by atoms with E-state index in [1.54, 1.807) is 0 Å². The highest BCUT2D eigenvalue weighted by molar-refractivity contribution is 7.85. The van der Waals surface area contributed by atoms with Gasteiger partial charge in [0.15, 0.2) is 0 Å². The zero-order valence-corrected chi connectivity index (χ0v) is 11.3. The van der Waals surface area contributed by atoms with Crippen LogP contribution in [0.2, 0.25) is 0 Å². The predicted octanol–water partition coefficient (Wildman–Crippen LogP) is 1.82. The zero-order valence-electron chi connectivity index (χ0n) is 10.5. The van der Waals surface area contributed by atoms with E-state index in [1.807, 2.05) is 0 Å². The normalized spacial score (nSPS) is 26.6. The minimum atomic E-state index is -0.829. The Hall–Kier alpha value is 0.0700. The summed E-state index contributed by atoms with van der Waals surface area (Å²) in [4.78, 5) is 0. The van der Waals surface area contributed by atoms with Gasteiger partial charge in [-0.3, -0.25) is 4.21 Å². The zero-order chi connectivity index (χ0) is 12.0. The van der Waals surface area contributed by atoms with Gasteiger partial charge in [0.05, 0.1) is 11.9 Å². The van der Waals surface area contributed by atoms with E-state index in [0.717, 1.165) is 38.7 Å². The molecule has 16 heavy (non-hydrogen) atoms. The Morgan fingerprint density at radius 3 is 2.75 bits per heavy atom. The third-order valence-electron chi connectivity index (χ3n) is 3.21. The van der Waals surface area contributed by atoms with Crippen LogP contribution in [0.3, 0.4) is 0 Å². The van der Waals surface area contributed by atoms with E-state index >= 15 is 0 Å². The van der Waals surface area contributed by atoms with Crippen LogP contribution in [-0.4, -0.2) is 34.0 Å². The number of hydrogen-bond donors (Lipinski definition) is 1. The molecule has 0 saturated carbocycles. The lowest BCUT2D eigenvalue weighted by Gasteiger charge is -2.23. The average molecular weight is 247 g/mol. The third-order valence-corrected chi connectivity index (χ3v) is 5.27. The van der Waals surface area contributed by atoms with Gasteiger partial charge >= 0.3 is 0 Å². The summed E-state index contributed by atoms with van der Waals surface area (Å²) < 4.78 is 17.7. The first-order chi connectivity index (χ1) is 7.69. The fraction of sp³-hybridized carbons (Fsp3) is 1.00. The van der Waals surface area contributed by atoms with Crippen molar-refractivity contribution in [1.82, 2.24) is 0 Å². The van der Waals surface area contributed by atoms with E-state index in [0.29, 0.717) is 5.75 Å². The number of hydrogen-bond acceptors (Lipinski definition) is 3. The molecule has 96 valence electrons. The van der Waals surface area contributed by atoms with E-state index in [2.05, 4.69) is 13.8 Å². The van der Waals surface area contributed by atoms with Crippen LogP contribution >= 0.6 is 0 Å². The molecule has 0 aromatic rings. The van der Waals surface area contributed by atoms with Gasteiger partial charge in [0, 0.05) is 28.7 Å². The van der Waals surface area contributed by atoms with Gasteiger partial charge in [-0.05, 0) is 25.7 Å². The molecular formula is C12H25NO2S. The summed E-state index contributed by atoms with van der Waals surface area (Å²) in [7, 11) is -0.829. The van der Waals surface area contributed by atoms with E-state index in [9.17, 15) is 4.21 Å². The standard InChI is InChI=1S/C12H25NO2S/c1-3-6-11(13)12(4-2)16(14)9-10-7-5-8-15-10/h10-12H,3-9,13H2,1-2H3. The van der Waals surface area contributed by atoms with Crippen LogP contribution in [0, 0.1) is 0 Å². The summed E-state index contributed by atoms with van der Waals surface area (Å²) in [5.74, 6) is 0.677. The Kier molecular flexibility index (Phi) is 6.54. The second kappa shape index (κ2) is 7.41. The van der Waals surface area contributed by atoms with E-state index in [1.165, 1.54) is 0 Å². The fourth-order valence-electron chi connectivity index (χ4n) is 2.29. The highest BCUT2D eigenvalue weighted by atomic mass is 32.2. The molecule has 0 aliphatic carbocycles. The van der Waals surface area contributed by atoms with E-state index in [-0.39, 0.29) is 17.4 Å². The van der Waals surface area contributed by atoms with Crippen molar-refractivity contribution >= 4 is 10.8 Å². The molecule has 0 spiro atoms. The van der Waals surface area contributed by atoms with E-state index < -0.39 is 10.8 Å². The molecule has 0 aromatic carbocycles. The number of ether oxygens (including phenoxy) is 1. The van der Waals surface area contributed by atoms with Crippen LogP contribution in [0.4, 0.5) is 0 Å². The molecule has 1 aliphatic rings. The average Bonchev–Trinajstić information content (AvgIpc) is 2.71. The third kappa shape index (κ3) is 4.15. The van der Waals surface area contributed by atoms with Crippen LogP contribution in [-0.2, 0) is 15.5 Å². The van der Waals surface area contributed by atoms with Crippen LogP contribution in [0.1, 0.15) is 46.0 Å². The van der Waals surface area contributed by atoms with Gasteiger partial charge in [0.1, 0.15) is 0 Å². The number of nitrogens with two attached hydrogens (primary N) is 1. The molecule has 2 N–H and O–H groups in total. The van der Waals surface area contributed by atoms with E-state index in [4.69, 9.17) is 10.5 Å². The molecule has 0 bridgehead atoms. The van der Waals surface area contributed by atoms with Gasteiger partial charge in [-0.15, -0.1) is 0 Å². The molecular weight excluding hydrogens is 222 g/mol.